The van der Waals surface area contributed by atoms with Crippen molar-refractivity contribution < 1.29 is 43.7 Å². The predicted molar refractivity (Wildman–Crippen MR) is 132 cm³/mol. The highest BCUT2D eigenvalue weighted by molar-refractivity contribution is 6.20. The van der Waals surface area contributed by atoms with Crippen molar-refractivity contribution >= 4 is 23.4 Å². The second kappa shape index (κ2) is 11.0. The molecule has 4 aliphatic carbocycles. The standard InChI is InChI=1S/C26H35N3O9/c1-29(2)15-10-14(26(35)28-37-4)21(31)19-13(15)8-11-7-12-9-16(30)20(25(27)34)23(33)18(12)24(17(11)22(19)32)38-6-5-36-3/h10-13,15,18-19,21,31,33H,5-9H2,1-4H3,(H2,27,34)(H,28,35)/t11?,12?,13?,15?,18?,19?,21-/m0/s1. The second-order valence-electron chi connectivity index (χ2n) is 10.5. The van der Waals surface area contributed by atoms with Crippen LogP contribution in [0.1, 0.15) is 19.3 Å². The topological polar surface area (TPSA) is 178 Å². The molecule has 12 heteroatoms. The van der Waals surface area contributed by atoms with Crippen molar-refractivity contribution in [3.63, 3.8) is 0 Å². The Hall–Kier alpha value is -3.06. The lowest BCUT2D eigenvalue weighted by atomic mass is 9.56. The molecule has 0 aromatic heterocycles. The summed E-state index contributed by atoms with van der Waals surface area (Å²) in [6, 6.07) is -0.329. The van der Waals surface area contributed by atoms with Gasteiger partial charge in [0.1, 0.15) is 23.7 Å². The molecule has 1 fully saturated rings. The molecule has 0 bridgehead atoms. The van der Waals surface area contributed by atoms with Crippen LogP contribution in [-0.2, 0) is 33.5 Å². The number of hydrogen-bond acceptors (Lipinski definition) is 10. The van der Waals surface area contributed by atoms with Crippen LogP contribution in [0.2, 0.25) is 0 Å². The molecule has 6 unspecified atom stereocenters. The highest BCUT2D eigenvalue weighted by atomic mass is 16.6. The molecule has 0 radical (unpaired) electrons. The molecule has 208 valence electrons. The van der Waals surface area contributed by atoms with E-state index < -0.39 is 58.6 Å². The van der Waals surface area contributed by atoms with Crippen molar-refractivity contribution in [1.29, 1.82) is 0 Å². The Morgan fingerprint density at radius 2 is 1.89 bits per heavy atom. The Morgan fingerprint density at radius 3 is 2.50 bits per heavy atom. The molecule has 4 aliphatic rings. The molecule has 4 rings (SSSR count). The third kappa shape index (κ3) is 4.66. The van der Waals surface area contributed by atoms with Crippen molar-refractivity contribution in [2.24, 2.45) is 35.3 Å². The van der Waals surface area contributed by atoms with Crippen LogP contribution in [0.3, 0.4) is 0 Å². The molecule has 0 heterocycles. The zero-order chi connectivity index (χ0) is 27.9. The molecule has 0 aromatic carbocycles. The van der Waals surface area contributed by atoms with Gasteiger partial charge in [-0.05, 0) is 44.7 Å². The third-order valence-corrected chi connectivity index (χ3v) is 8.17. The first kappa shape index (κ1) is 28.0. The van der Waals surface area contributed by atoms with Crippen LogP contribution < -0.4 is 11.2 Å². The molecule has 2 amide bonds. The number of carbonyl (C=O) groups excluding carboxylic acids is 4. The number of amides is 2. The number of hydroxylamine groups is 1. The quantitative estimate of drug-likeness (QED) is 0.181. The lowest BCUT2D eigenvalue weighted by molar-refractivity contribution is -0.134. The monoisotopic (exact) mass is 533 g/mol. The van der Waals surface area contributed by atoms with Gasteiger partial charge in [0, 0.05) is 30.7 Å². The fourth-order valence-corrected chi connectivity index (χ4v) is 6.66. The number of hydrogen-bond donors (Lipinski definition) is 4. The Bertz CT molecular complexity index is 1120. The summed E-state index contributed by atoms with van der Waals surface area (Å²) in [4.78, 5) is 58.2. The number of nitrogens with two attached hydrogens (primary N) is 1. The van der Waals surface area contributed by atoms with E-state index >= 15 is 0 Å². The minimum Gasteiger partial charge on any atom is -0.511 e. The Labute approximate surface area is 220 Å². The SMILES string of the molecule is COCCOC1=C2C(=O)C3C(CC2CC2CC(=O)C(C(N)=O)=C(O)C12)C(N(C)C)C=C(C(=O)NOC)[C@@H]3O. The maximum absolute atomic E-state index is 14.2. The number of nitrogens with one attached hydrogen (secondary N) is 1. The first-order valence-electron chi connectivity index (χ1n) is 12.6. The molecule has 1 saturated carbocycles. The van der Waals surface area contributed by atoms with Crippen LogP contribution >= 0.6 is 0 Å². The minimum absolute atomic E-state index is 0.0167. The molecule has 7 atom stereocenters. The van der Waals surface area contributed by atoms with Crippen molar-refractivity contribution in [3.8, 4) is 0 Å². The number of fused-ring (bicyclic) bond motifs is 3. The number of aliphatic hydroxyl groups is 2. The summed E-state index contributed by atoms with van der Waals surface area (Å²) in [5.41, 5.74) is 7.46. The van der Waals surface area contributed by atoms with Gasteiger partial charge in [-0.15, -0.1) is 0 Å². The highest BCUT2D eigenvalue weighted by Crippen LogP contribution is 2.54. The molecule has 0 aromatic rings. The fourth-order valence-electron chi connectivity index (χ4n) is 6.66. The van der Waals surface area contributed by atoms with Crippen LogP contribution in [0.25, 0.3) is 0 Å². The summed E-state index contributed by atoms with van der Waals surface area (Å²) >= 11 is 0. The van der Waals surface area contributed by atoms with Gasteiger partial charge < -0.3 is 30.3 Å². The number of ketones is 2. The van der Waals surface area contributed by atoms with E-state index in [2.05, 4.69) is 5.48 Å². The number of methoxy groups -OCH3 is 1. The number of nitrogens with zero attached hydrogens (tertiary/aromatic N) is 1. The number of primary amides is 1. The lowest BCUT2D eigenvalue weighted by Gasteiger charge is -2.50. The van der Waals surface area contributed by atoms with Gasteiger partial charge in [-0.25, -0.2) is 5.48 Å². The molecule has 12 nitrogen and oxygen atoms in total. The van der Waals surface area contributed by atoms with E-state index in [1.165, 1.54) is 14.2 Å². The molecule has 38 heavy (non-hydrogen) atoms. The van der Waals surface area contributed by atoms with Crippen LogP contribution in [-0.4, -0.2) is 92.2 Å². The van der Waals surface area contributed by atoms with Gasteiger partial charge in [0.25, 0.3) is 11.8 Å². The molecular formula is C26H35N3O9. The van der Waals surface area contributed by atoms with Crippen LogP contribution in [0.15, 0.2) is 34.3 Å². The van der Waals surface area contributed by atoms with Crippen LogP contribution in [0.5, 0.6) is 0 Å². The van der Waals surface area contributed by atoms with E-state index in [1.54, 1.807) is 6.08 Å². The zero-order valence-electron chi connectivity index (χ0n) is 21.9. The van der Waals surface area contributed by atoms with Crippen molar-refractivity contribution in [2.45, 2.75) is 31.4 Å². The zero-order valence-corrected chi connectivity index (χ0v) is 21.9. The van der Waals surface area contributed by atoms with Gasteiger partial charge in [-0.2, -0.15) is 0 Å². The van der Waals surface area contributed by atoms with Gasteiger partial charge in [-0.3, -0.25) is 24.0 Å². The summed E-state index contributed by atoms with van der Waals surface area (Å²) in [7, 11) is 6.44. The van der Waals surface area contributed by atoms with Gasteiger partial charge in [0.05, 0.1) is 31.7 Å². The smallest absolute Gasteiger partial charge is 0.273 e. The predicted octanol–water partition coefficient (Wildman–Crippen LogP) is -0.460. The van der Waals surface area contributed by atoms with Crippen molar-refractivity contribution in [3.05, 3.63) is 34.3 Å². The van der Waals surface area contributed by atoms with Gasteiger partial charge in [-0.1, -0.05) is 6.08 Å². The van der Waals surface area contributed by atoms with Gasteiger partial charge in [0.15, 0.2) is 11.6 Å². The summed E-state index contributed by atoms with van der Waals surface area (Å²) in [6.45, 7) is 0.255. The lowest BCUT2D eigenvalue weighted by Crippen LogP contribution is -2.56. The highest BCUT2D eigenvalue weighted by Gasteiger charge is 2.56. The van der Waals surface area contributed by atoms with E-state index in [4.69, 9.17) is 20.0 Å². The summed E-state index contributed by atoms with van der Waals surface area (Å²) in [5, 5.41) is 22.3. The van der Waals surface area contributed by atoms with E-state index in [0.717, 1.165) is 0 Å². The maximum atomic E-state index is 14.2. The first-order chi connectivity index (χ1) is 18.0. The second-order valence-corrected chi connectivity index (χ2v) is 10.5. The summed E-state index contributed by atoms with van der Waals surface area (Å²) in [5.74, 6) is -5.83. The number of rotatable bonds is 8. The molecule has 5 N–H and O–H groups in total. The van der Waals surface area contributed by atoms with E-state index in [1.807, 2.05) is 19.0 Å². The number of ether oxygens (including phenoxy) is 2. The number of allylic oxidation sites excluding steroid dienone is 1. The Morgan fingerprint density at radius 1 is 1.18 bits per heavy atom. The van der Waals surface area contributed by atoms with E-state index in [0.29, 0.717) is 18.4 Å². The van der Waals surface area contributed by atoms with E-state index in [-0.39, 0.29) is 48.8 Å². The molecule has 0 spiro atoms. The fraction of sp³-hybridized carbons (Fsp3) is 0.615. The van der Waals surface area contributed by atoms with Gasteiger partial charge in [0.2, 0.25) is 0 Å². The Balaban J connectivity index is 1.85. The number of Topliss-reactive ketones (excluding diaryl/α,β-unsaturated/α-hetero) is 2. The maximum Gasteiger partial charge on any atom is 0.273 e. The number of likely N-dealkylation sites (N-methyl/N-ethyl adjacent to an activating group) is 1. The summed E-state index contributed by atoms with van der Waals surface area (Å²) < 4.78 is 11.1. The Kier molecular flexibility index (Phi) is 8.07. The van der Waals surface area contributed by atoms with Crippen molar-refractivity contribution in [2.75, 3.05) is 41.5 Å². The molecule has 0 aliphatic heterocycles. The average molecular weight is 534 g/mol. The van der Waals surface area contributed by atoms with E-state index in [9.17, 15) is 29.4 Å². The van der Waals surface area contributed by atoms with Crippen LogP contribution in [0.4, 0.5) is 0 Å². The minimum atomic E-state index is -1.40. The number of carbonyl (C=O) groups is 4. The largest absolute Gasteiger partial charge is 0.511 e. The summed E-state index contributed by atoms with van der Waals surface area (Å²) in [6.07, 6.45) is 1.15. The molecular weight excluding hydrogens is 498 g/mol. The van der Waals surface area contributed by atoms with Gasteiger partial charge >= 0.3 is 0 Å². The average Bonchev–Trinajstić information content (AvgIpc) is 2.83. The van der Waals surface area contributed by atoms with Crippen molar-refractivity contribution in [1.82, 2.24) is 10.4 Å². The first-order valence-corrected chi connectivity index (χ1v) is 12.6. The third-order valence-electron chi connectivity index (χ3n) is 8.17. The molecule has 0 saturated heterocycles. The number of aliphatic hydroxyl groups excluding tert-OH is 2. The normalized spacial score (nSPS) is 32.9. The van der Waals surface area contributed by atoms with Crippen LogP contribution in [0, 0.1) is 29.6 Å².